The number of alkyl carbamates (subject to hydrolysis) is 1. The van der Waals surface area contributed by atoms with E-state index in [1.54, 1.807) is 7.11 Å². The molecular formula is C44H71ClN4O6Si. The molecule has 0 aromatic heterocycles. The van der Waals surface area contributed by atoms with Crippen LogP contribution in [0.15, 0.2) is 54.6 Å². The van der Waals surface area contributed by atoms with Crippen molar-refractivity contribution in [2.24, 2.45) is 23.2 Å². The molecular weight excluding hydrogens is 744 g/mol. The Morgan fingerprint density at radius 3 is 2.18 bits per heavy atom. The molecule has 1 saturated heterocycles. The van der Waals surface area contributed by atoms with Gasteiger partial charge in [0.25, 0.3) is 0 Å². The van der Waals surface area contributed by atoms with Crippen molar-refractivity contribution >= 4 is 38.5 Å². The lowest BCUT2D eigenvalue weighted by Crippen LogP contribution is -2.56. The molecule has 10 nitrogen and oxygen atoms in total. The smallest absolute Gasteiger partial charge is 0.407 e. The molecule has 1 aliphatic rings. The van der Waals surface area contributed by atoms with E-state index in [1.807, 2.05) is 87.2 Å². The molecule has 0 radical (unpaired) electrons. The summed E-state index contributed by atoms with van der Waals surface area (Å²) in [5, 5.41) is 10.7. The van der Waals surface area contributed by atoms with Crippen LogP contribution in [-0.4, -0.2) is 88.9 Å². The minimum atomic E-state index is -1.66. The van der Waals surface area contributed by atoms with Crippen molar-refractivity contribution < 1.29 is 28.3 Å². The van der Waals surface area contributed by atoms with E-state index in [9.17, 15) is 14.4 Å². The third kappa shape index (κ3) is 15.4. The molecule has 12 heteroatoms. The van der Waals surface area contributed by atoms with Gasteiger partial charge in [0.2, 0.25) is 11.8 Å². The molecule has 0 spiro atoms. The van der Waals surface area contributed by atoms with Crippen LogP contribution in [0.2, 0.25) is 18.1 Å². The zero-order valence-corrected chi connectivity index (χ0v) is 37.9. The standard InChI is InChI=1S/C44H71ClN4O6Si/c1-12-30(2)37(41(51)49-24-21-35(22-25-49)46-23-26-53-9)47-40(50)33(27-31-17-16-20-34(45)28-31)29-36(43(3,4)5)38(48-42(52)54-44(6,7)8)39(55-56(10)11)32-18-14-13-15-19-32/h13-20,28,30,33,35-39,46,56H,12,21-27,29H2,1-11H3,(H,47,50)(H,48,52)/t30-,33-,36+,37-,38-,39?/m0/s1. The molecule has 56 heavy (non-hydrogen) atoms. The number of rotatable bonds is 19. The number of carbonyl (C=O) groups excluding carboxylic acids is 3. The highest BCUT2D eigenvalue weighted by molar-refractivity contribution is 6.48. The summed E-state index contributed by atoms with van der Waals surface area (Å²) in [5.74, 6) is -1.15. The van der Waals surface area contributed by atoms with Gasteiger partial charge in [-0.25, -0.2) is 4.79 Å². The molecule has 3 amide bonds. The van der Waals surface area contributed by atoms with Crippen molar-refractivity contribution in [2.45, 2.75) is 130 Å². The van der Waals surface area contributed by atoms with Crippen LogP contribution in [0.4, 0.5) is 4.79 Å². The Labute approximate surface area is 344 Å². The fourth-order valence-corrected chi connectivity index (χ4v) is 8.66. The van der Waals surface area contributed by atoms with Crippen molar-refractivity contribution in [3.63, 3.8) is 0 Å². The summed E-state index contributed by atoms with van der Waals surface area (Å²) >= 11 is 6.49. The first-order valence-corrected chi connectivity index (χ1v) is 23.7. The lowest BCUT2D eigenvalue weighted by atomic mass is 9.69. The predicted molar refractivity (Wildman–Crippen MR) is 229 cm³/mol. The highest BCUT2D eigenvalue weighted by Gasteiger charge is 2.43. The van der Waals surface area contributed by atoms with Gasteiger partial charge < -0.3 is 34.8 Å². The first-order chi connectivity index (χ1) is 26.3. The van der Waals surface area contributed by atoms with E-state index in [0.29, 0.717) is 43.6 Å². The largest absolute Gasteiger partial charge is 0.444 e. The number of ether oxygens (including phenoxy) is 2. The maximum atomic E-state index is 14.9. The molecule has 2 aromatic rings. The molecule has 6 atom stereocenters. The number of carbonyl (C=O) groups is 3. The van der Waals surface area contributed by atoms with E-state index in [4.69, 9.17) is 25.5 Å². The molecule has 2 aromatic carbocycles. The van der Waals surface area contributed by atoms with Gasteiger partial charge in [-0.3, -0.25) is 9.59 Å². The molecule has 3 rings (SSSR count). The molecule has 1 fully saturated rings. The van der Waals surface area contributed by atoms with Gasteiger partial charge in [0.1, 0.15) is 11.6 Å². The van der Waals surface area contributed by atoms with Crippen molar-refractivity contribution in [2.75, 3.05) is 33.4 Å². The van der Waals surface area contributed by atoms with Gasteiger partial charge >= 0.3 is 6.09 Å². The Hall–Kier alpha value is -2.96. The molecule has 1 aliphatic heterocycles. The number of amides is 3. The predicted octanol–water partition coefficient (Wildman–Crippen LogP) is 7.94. The minimum absolute atomic E-state index is 0.0409. The number of nitrogens with one attached hydrogen (secondary N) is 3. The Morgan fingerprint density at radius 1 is 0.964 bits per heavy atom. The molecule has 0 bridgehead atoms. The van der Waals surface area contributed by atoms with E-state index in [-0.39, 0.29) is 23.7 Å². The number of likely N-dealkylation sites (tertiary alicyclic amines) is 1. The lowest BCUT2D eigenvalue weighted by Gasteiger charge is -2.43. The fourth-order valence-electron chi connectivity index (χ4n) is 7.53. The van der Waals surface area contributed by atoms with Crippen LogP contribution in [-0.2, 0) is 29.9 Å². The number of methoxy groups -OCH3 is 1. The summed E-state index contributed by atoms with van der Waals surface area (Å²) in [4.78, 5) is 44.8. The molecule has 3 N–H and O–H groups in total. The highest BCUT2D eigenvalue weighted by atomic mass is 35.5. The normalized spacial score (nSPS) is 17.4. The Balaban J connectivity index is 2.05. The summed E-state index contributed by atoms with van der Waals surface area (Å²) < 4.78 is 17.9. The van der Waals surface area contributed by atoms with E-state index in [0.717, 1.165) is 36.9 Å². The summed E-state index contributed by atoms with van der Waals surface area (Å²) in [7, 11) is 0.0280. The number of hydrogen-bond acceptors (Lipinski definition) is 7. The van der Waals surface area contributed by atoms with Crippen LogP contribution in [0.1, 0.15) is 98.3 Å². The van der Waals surface area contributed by atoms with Gasteiger partial charge in [-0.15, -0.1) is 0 Å². The Morgan fingerprint density at radius 2 is 1.62 bits per heavy atom. The van der Waals surface area contributed by atoms with Crippen molar-refractivity contribution in [3.8, 4) is 0 Å². The first kappa shape index (κ1) is 47.4. The minimum Gasteiger partial charge on any atom is -0.444 e. The SMILES string of the molecule is CC[C@H](C)[C@H](NC(=O)[C@@H](Cc1cccc(Cl)c1)C[C@H]([C@H](NC(=O)OC(C)(C)C)C(O[SiH](C)C)c1ccccc1)C(C)(C)C)C(=O)N1CCC(NCCOC)CC1. The fraction of sp³-hybridized carbons (Fsp3) is 0.659. The lowest BCUT2D eigenvalue weighted by molar-refractivity contribution is -0.140. The van der Waals surface area contributed by atoms with Gasteiger partial charge in [-0.2, -0.15) is 0 Å². The monoisotopic (exact) mass is 814 g/mol. The van der Waals surface area contributed by atoms with Crippen LogP contribution in [0.5, 0.6) is 0 Å². The van der Waals surface area contributed by atoms with E-state index >= 15 is 0 Å². The Kier molecular flexibility index (Phi) is 18.8. The van der Waals surface area contributed by atoms with Crippen LogP contribution in [0, 0.1) is 23.2 Å². The topological polar surface area (TPSA) is 118 Å². The zero-order chi connectivity index (χ0) is 41.6. The summed E-state index contributed by atoms with van der Waals surface area (Å²) in [6, 6.07) is 16.7. The van der Waals surface area contributed by atoms with Crippen LogP contribution < -0.4 is 16.0 Å². The maximum Gasteiger partial charge on any atom is 0.407 e. The van der Waals surface area contributed by atoms with Crippen LogP contribution in [0.25, 0.3) is 0 Å². The molecule has 1 unspecified atom stereocenters. The maximum absolute atomic E-state index is 14.9. The van der Waals surface area contributed by atoms with E-state index in [1.165, 1.54) is 0 Å². The summed E-state index contributed by atoms with van der Waals surface area (Å²) in [6.45, 7) is 23.0. The second-order valence-electron chi connectivity index (χ2n) is 17.8. The second kappa shape index (κ2) is 22.3. The highest BCUT2D eigenvalue weighted by Crippen LogP contribution is 2.41. The molecule has 1 heterocycles. The van der Waals surface area contributed by atoms with Gasteiger partial charge in [0, 0.05) is 43.7 Å². The Bertz CT molecular complexity index is 1510. The van der Waals surface area contributed by atoms with E-state index < -0.39 is 50.3 Å². The number of halogens is 1. The average Bonchev–Trinajstić information content (AvgIpc) is 3.12. The zero-order valence-electron chi connectivity index (χ0n) is 36.0. The first-order valence-electron chi connectivity index (χ1n) is 20.6. The van der Waals surface area contributed by atoms with Crippen molar-refractivity contribution in [1.29, 1.82) is 0 Å². The molecule has 0 saturated carbocycles. The van der Waals surface area contributed by atoms with E-state index in [2.05, 4.69) is 56.7 Å². The third-order valence-electron chi connectivity index (χ3n) is 10.7. The quantitative estimate of drug-likeness (QED) is 0.0974. The second-order valence-corrected chi connectivity index (χ2v) is 20.7. The molecule has 0 aliphatic carbocycles. The molecule has 314 valence electrons. The van der Waals surface area contributed by atoms with Gasteiger partial charge in [-0.05, 0) is 100 Å². The van der Waals surface area contributed by atoms with Crippen LogP contribution in [0.3, 0.4) is 0 Å². The number of nitrogens with zero attached hydrogens (tertiary/aromatic N) is 1. The summed E-state index contributed by atoms with van der Waals surface area (Å²) in [6.07, 6.45) is 2.18. The average molecular weight is 816 g/mol. The number of piperidine rings is 1. The van der Waals surface area contributed by atoms with Gasteiger partial charge in [0.15, 0.2) is 9.04 Å². The van der Waals surface area contributed by atoms with Gasteiger partial charge in [-0.1, -0.05) is 95.1 Å². The number of hydrogen-bond donors (Lipinski definition) is 3. The van der Waals surface area contributed by atoms with Gasteiger partial charge in [0.05, 0.1) is 18.8 Å². The van der Waals surface area contributed by atoms with Crippen molar-refractivity contribution in [3.05, 3.63) is 70.7 Å². The van der Waals surface area contributed by atoms with Crippen molar-refractivity contribution in [1.82, 2.24) is 20.9 Å². The summed E-state index contributed by atoms with van der Waals surface area (Å²) in [5.41, 5.74) is 0.737. The number of benzene rings is 2. The third-order valence-corrected chi connectivity index (χ3v) is 11.8. The van der Waals surface area contributed by atoms with Crippen LogP contribution >= 0.6 is 11.6 Å².